The second-order valence-electron chi connectivity index (χ2n) is 4.83. The van der Waals surface area contributed by atoms with Crippen molar-refractivity contribution in [2.45, 2.75) is 6.42 Å². The number of carboxylic acids is 1. The average molecular weight is 338 g/mol. The number of rotatable bonds is 5. The van der Waals surface area contributed by atoms with E-state index in [9.17, 15) is 9.59 Å². The Kier molecular flexibility index (Phi) is 4.17. The monoisotopic (exact) mass is 338 g/mol. The largest absolute Gasteiger partial charge is 0.477 e. The van der Waals surface area contributed by atoms with Crippen molar-refractivity contribution in [2.24, 2.45) is 5.10 Å². The van der Waals surface area contributed by atoms with Crippen molar-refractivity contribution >= 4 is 34.5 Å². The molecule has 3 N–H and O–H groups in total. The standard InChI is InChI=1S/C14H10N8O3/c15-6-8(13-17-20-21-18-13)7-16-9-2-1-3-10(4-9)22-12(23)5-11(19-22)14(24)25/h1-4,7,16H,5H2,(H,24,25)(H,17,18,20,21). The summed E-state index contributed by atoms with van der Waals surface area (Å²) in [5, 5.41) is 38.8. The molecule has 0 unspecified atom stereocenters. The highest BCUT2D eigenvalue weighted by molar-refractivity contribution is 6.42. The van der Waals surface area contributed by atoms with Gasteiger partial charge in [-0.05, 0) is 23.4 Å². The fraction of sp³-hybridized carbons (Fsp3) is 0.0714. The van der Waals surface area contributed by atoms with E-state index in [4.69, 9.17) is 10.4 Å². The number of carbonyl (C=O) groups is 2. The van der Waals surface area contributed by atoms with Gasteiger partial charge in [0.2, 0.25) is 5.82 Å². The van der Waals surface area contributed by atoms with Gasteiger partial charge in [-0.1, -0.05) is 6.07 Å². The van der Waals surface area contributed by atoms with Crippen LogP contribution in [0, 0.1) is 11.3 Å². The number of H-pyrrole nitrogens is 1. The van der Waals surface area contributed by atoms with E-state index in [1.165, 1.54) is 6.20 Å². The van der Waals surface area contributed by atoms with E-state index in [2.05, 4.69) is 31.0 Å². The van der Waals surface area contributed by atoms with E-state index in [1.807, 2.05) is 6.07 Å². The van der Waals surface area contributed by atoms with Crippen LogP contribution in [-0.4, -0.2) is 43.3 Å². The third kappa shape index (κ3) is 3.32. The summed E-state index contributed by atoms with van der Waals surface area (Å²) in [7, 11) is 0. The van der Waals surface area contributed by atoms with Crippen LogP contribution in [0.1, 0.15) is 12.2 Å². The molecular formula is C14H10N8O3. The molecule has 124 valence electrons. The number of carbonyl (C=O) groups excluding carboxylic acids is 1. The number of benzene rings is 1. The van der Waals surface area contributed by atoms with Gasteiger partial charge in [-0.2, -0.15) is 20.6 Å². The Labute approximate surface area is 140 Å². The maximum atomic E-state index is 11.9. The van der Waals surface area contributed by atoms with Crippen LogP contribution in [0.25, 0.3) is 5.57 Å². The highest BCUT2D eigenvalue weighted by atomic mass is 16.4. The minimum atomic E-state index is -1.23. The fourth-order valence-electron chi connectivity index (χ4n) is 2.06. The molecule has 11 nitrogen and oxygen atoms in total. The second-order valence-corrected chi connectivity index (χ2v) is 4.83. The van der Waals surface area contributed by atoms with E-state index in [1.54, 1.807) is 24.3 Å². The summed E-state index contributed by atoms with van der Waals surface area (Å²) >= 11 is 0. The Hall–Kier alpha value is -4.07. The molecular weight excluding hydrogens is 328 g/mol. The summed E-state index contributed by atoms with van der Waals surface area (Å²) in [6.45, 7) is 0. The van der Waals surface area contributed by atoms with E-state index in [0.29, 0.717) is 11.4 Å². The first-order valence-corrected chi connectivity index (χ1v) is 6.93. The van der Waals surface area contributed by atoms with Crippen molar-refractivity contribution < 1.29 is 14.7 Å². The number of nitrogens with one attached hydrogen (secondary N) is 2. The summed E-state index contributed by atoms with van der Waals surface area (Å²) in [6.07, 6.45) is 1.13. The van der Waals surface area contributed by atoms with Crippen LogP contribution in [0.3, 0.4) is 0 Å². The zero-order valence-corrected chi connectivity index (χ0v) is 12.5. The summed E-state index contributed by atoms with van der Waals surface area (Å²) in [4.78, 5) is 22.8. The molecule has 3 rings (SSSR count). The lowest BCUT2D eigenvalue weighted by molar-refractivity contribution is -0.129. The van der Waals surface area contributed by atoms with E-state index >= 15 is 0 Å². The summed E-state index contributed by atoms with van der Waals surface area (Å²) < 4.78 is 0. The maximum absolute atomic E-state index is 11.9. The number of amides is 1. The van der Waals surface area contributed by atoms with Crippen LogP contribution < -0.4 is 10.3 Å². The van der Waals surface area contributed by atoms with Crippen molar-refractivity contribution in [1.29, 1.82) is 5.26 Å². The third-order valence-corrected chi connectivity index (χ3v) is 3.20. The van der Waals surface area contributed by atoms with Crippen LogP contribution in [0.2, 0.25) is 0 Å². The topological polar surface area (TPSA) is 160 Å². The highest BCUT2D eigenvalue weighted by Crippen LogP contribution is 2.24. The first-order chi connectivity index (χ1) is 12.1. The maximum Gasteiger partial charge on any atom is 0.352 e. The SMILES string of the molecule is N#CC(=CNc1cccc(N2N=C(C(=O)O)CC2=O)c1)c1nn[nH]n1. The summed E-state index contributed by atoms with van der Waals surface area (Å²) in [5.41, 5.74) is 0.896. The molecule has 1 aliphatic rings. The highest BCUT2D eigenvalue weighted by Gasteiger charge is 2.29. The zero-order valence-electron chi connectivity index (χ0n) is 12.5. The number of tetrazole rings is 1. The number of anilines is 2. The number of hydrogen-bond donors (Lipinski definition) is 3. The second kappa shape index (κ2) is 6.59. The van der Waals surface area contributed by atoms with Crippen molar-refractivity contribution in [3.05, 3.63) is 36.3 Å². The molecule has 0 atom stereocenters. The van der Waals surface area contributed by atoms with Crippen LogP contribution >= 0.6 is 0 Å². The number of hydrogen-bond acceptors (Lipinski definition) is 8. The normalized spacial score (nSPS) is 14.2. The number of carboxylic acid groups (broad SMARTS) is 1. The van der Waals surface area contributed by atoms with E-state index in [0.717, 1.165) is 5.01 Å². The van der Waals surface area contributed by atoms with Gasteiger partial charge in [0.1, 0.15) is 11.6 Å². The Morgan fingerprint density at radius 2 is 2.32 bits per heavy atom. The molecule has 0 bridgehead atoms. The van der Waals surface area contributed by atoms with Crippen molar-refractivity contribution in [3.8, 4) is 6.07 Å². The molecule has 0 fully saturated rings. The quantitative estimate of drug-likeness (QED) is 0.658. The third-order valence-electron chi connectivity index (χ3n) is 3.20. The molecule has 1 aromatic carbocycles. The van der Waals surface area contributed by atoms with Gasteiger partial charge in [0.05, 0.1) is 12.1 Å². The minimum Gasteiger partial charge on any atom is -0.477 e. The van der Waals surface area contributed by atoms with Crippen molar-refractivity contribution in [2.75, 3.05) is 10.3 Å². The zero-order chi connectivity index (χ0) is 17.8. The number of aromatic nitrogens is 4. The Morgan fingerprint density at radius 3 is 2.96 bits per heavy atom. The molecule has 0 radical (unpaired) electrons. The molecule has 0 saturated carbocycles. The molecule has 25 heavy (non-hydrogen) atoms. The molecule has 1 aliphatic heterocycles. The summed E-state index contributed by atoms with van der Waals surface area (Å²) in [6, 6.07) is 8.50. The predicted molar refractivity (Wildman–Crippen MR) is 85.0 cm³/mol. The number of aromatic amines is 1. The van der Waals surface area contributed by atoms with Crippen LogP contribution in [0.15, 0.2) is 35.6 Å². The Balaban J connectivity index is 1.82. The molecule has 1 aromatic heterocycles. The van der Waals surface area contributed by atoms with Crippen molar-refractivity contribution in [3.63, 3.8) is 0 Å². The minimum absolute atomic E-state index is 0.136. The number of allylic oxidation sites excluding steroid dienone is 1. The lowest BCUT2D eigenvalue weighted by Crippen LogP contribution is -2.19. The molecule has 2 heterocycles. The van der Waals surface area contributed by atoms with Gasteiger partial charge in [-0.25, -0.2) is 4.79 Å². The van der Waals surface area contributed by atoms with Crippen molar-refractivity contribution in [1.82, 2.24) is 20.6 Å². The van der Waals surface area contributed by atoms with Gasteiger partial charge in [-0.3, -0.25) is 4.79 Å². The summed E-state index contributed by atoms with van der Waals surface area (Å²) in [5.74, 6) is -1.53. The smallest absolute Gasteiger partial charge is 0.352 e. The molecule has 0 aliphatic carbocycles. The first-order valence-electron chi connectivity index (χ1n) is 6.93. The van der Waals surface area contributed by atoms with Gasteiger partial charge in [0, 0.05) is 11.9 Å². The number of hydrazone groups is 1. The molecule has 1 amide bonds. The van der Waals surface area contributed by atoms with Gasteiger partial charge >= 0.3 is 5.97 Å². The van der Waals surface area contributed by atoms with Gasteiger partial charge in [-0.15, -0.1) is 10.2 Å². The lowest BCUT2D eigenvalue weighted by atomic mass is 10.2. The molecule has 0 saturated heterocycles. The number of nitrogens with zero attached hydrogens (tertiary/aromatic N) is 6. The van der Waals surface area contributed by atoms with Gasteiger partial charge in [0.15, 0.2) is 5.71 Å². The predicted octanol–water partition coefficient (Wildman–Crippen LogP) is 0.354. The van der Waals surface area contributed by atoms with Crippen LogP contribution in [0.4, 0.5) is 11.4 Å². The average Bonchev–Trinajstić information content (AvgIpc) is 3.26. The first kappa shape index (κ1) is 15.8. The Bertz CT molecular complexity index is 926. The number of nitriles is 1. The molecule has 11 heteroatoms. The Morgan fingerprint density at radius 1 is 1.48 bits per heavy atom. The van der Waals surface area contributed by atoms with Gasteiger partial charge < -0.3 is 10.4 Å². The van der Waals surface area contributed by atoms with Crippen LogP contribution in [0.5, 0.6) is 0 Å². The lowest BCUT2D eigenvalue weighted by Gasteiger charge is -2.12. The fourth-order valence-corrected chi connectivity index (χ4v) is 2.06. The van der Waals surface area contributed by atoms with Crippen LogP contribution in [-0.2, 0) is 9.59 Å². The van der Waals surface area contributed by atoms with E-state index in [-0.39, 0.29) is 23.5 Å². The number of aliphatic carboxylic acids is 1. The molecule has 0 spiro atoms. The van der Waals surface area contributed by atoms with E-state index < -0.39 is 11.9 Å². The molecule has 2 aromatic rings. The van der Waals surface area contributed by atoms with Gasteiger partial charge in [0.25, 0.3) is 5.91 Å².